The zero-order chi connectivity index (χ0) is 10.7. The van der Waals surface area contributed by atoms with E-state index in [0.717, 1.165) is 19.3 Å². The third kappa shape index (κ3) is 2.18. The van der Waals surface area contributed by atoms with E-state index in [9.17, 15) is 4.79 Å². The van der Waals surface area contributed by atoms with Gasteiger partial charge in [-0.15, -0.1) is 0 Å². The number of ether oxygens (including phenoxy) is 1. The van der Waals surface area contributed by atoms with Crippen LogP contribution < -0.4 is 5.32 Å². The molecule has 2 unspecified atom stereocenters. The molecule has 0 radical (unpaired) electrons. The monoisotopic (exact) mass is 209 g/mol. The van der Waals surface area contributed by atoms with Gasteiger partial charge in [0, 0.05) is 13.3 Å². The van der Waals surface area contributed by atoms with E-state index in [4.69, 9.17) is 4.74 Å². The van der Waals surface area contributed by atoms with Gasteiger partial charge in [0.2, 0.25) is 0 Å². The Morgan fingerprint density at radius 2 is 2.53 bits per heavy atom. The smallest absolute Gasteiger partial charge is 0.254 e. The summed E-state index contributed by atoms with van der Waals surface area (Å²) in [4.78, 5) is 11.7. The first-order valence-corrected chi connectivity index (χ1v) is 5.13. The Morgan fingerprint density at radius 3 is 3.20 bits per heavy atom. The molecule has 1 heterocycles. The molecule has 1 aliphatic rings. The van der Waals surface area contributed by atoms with Crippen molar-refractivity contribution in [1.29, 1.82) is 0 Å². The maximum Gasteiger partial charge on any atom is 0.254 e. The number of hydrogen-bond acceptors (Lipinski definition) is 3. The Labute approximate surface area is 88.2 Å². The zero-order valence-corrected chi connectivity index (χ0v) is 8.69. The fraction of sp³-hybridized carbons (Fsp3) is 0.600. The molecule has 1 aromatic rings. The van der Waals surface area contributed by atoms with Crippen molar-refractivity contribution in [2.24, 2.45) is 0 Å². The Morgan fingerprint density at radius 1 is 1.67 bits per heavy atom. The average molecular weight is 209 g/mol. The SMILES string of the molecule is COC1CCCC1NC(=O)c1cn[nH]c1. The number of carbonyl (C=O) groups is 1. The molecule has 82 valence electrons. The predicted molar refractivity (Wildman–Crippen MR) is 54.5 cm³/mol. The second-order valence-corrected chi connectivity index (χ2v) is 3.77. The Bertz CT molecular complexity index is 323. The van der Waals surface area contributed by atoms with Gasteiger partial charge in [0.1, 0.15) is 0 Å². The Hall–Kier alpha value is -1.36. The number of aromatic nitrogens is 2. The van der Waals surface area contributed by atoms with E-state index in [1.807, 2.05) is 0 Å². The van der Waals surface area contributed by atoms with Gasteiger partial charge >= 0.3 is 0 Å². The first-order chi connectivity index (χ1) is 7.31. The first-order valence-electron chi connectivity index (χ1n) is 5.13. The predicted octanol–water partition coefficient (Wildman–Crippen LogP) is 0.707. The van der Waals surface area contributed by atoms with E-state index >= 15 is 0 Å². The van der Waals surface area contributed by atoms with Gasteiger partial charge in [0.15, 0.2) is 0 Å². The molecule has 2 N–H and O–H groups in total. The van der Waals surface area contributed by atoms with Crippen LogP contribution in [-0.4, -0.2) is 35.4 Å². The van der Waals surface area contributed by atoms with Crippen LogP contribution in [0.25, 0.3) is 0 Å². The standard InChI is InChI=1S/C10H15N3O2/c1-15-9-4-2-3-8(9)13-10(14)7-5-11-12-6-7/h5-6,8-9H,2-4H2,1H3,(H,11,12)(H,13,14). The van der Waals surface area contributed by atoms with Gasteiger partial charge in [-0.2, -0.15) is 5.10 Å². The highest BCUT2D eigenvalue weighted by Gasteiger charge is 2.28. The maximum atomic E-state index is 11.7. The highest BCUT2D eigenvalue weighted by Crippen LogP contribution is 2.21. The van der Waals surface area contributed by atoms with Gasteiger partial charge in [0.25, 0.3) is 5.91 Å². The van der Waals surface area contributed by atoms with Crippen LogP contribution in [0.3, 0.4) is 0 Å². The number of nitrogens with one attached hydrogen (secondary N) is 2. The van der Waals surface area contributed by atoms with Crippen molar-refractivity contribution in [3.8, 4) is 0 Å². The fourth-order valence-corrected chi connectivity index (χ4v) is 2.00. The van der Waals surface area contributed by atoms with Gasteiger partial charge in [-0.1, -0.05) is 0 Å². The van der Waals surface area contributed by atoms with E-state index < -0.39 is 0 Å². The van der Waals surface area contributed by atoms with E-state index in [1.54, 1.807) is 13.3 Å². The van der Waals surface area contributed by atoms with Crippen molar-refractivity contribution in [3.63, 3.8) is 0 Å². The molecule has 0 saturated heterocycles. The molecule has 0 bridgehead atoms. The molecule has 1 aliphatic carbocycles. The molecule has 1 fully saturated rings. The highest BCUT2D eigenvalue weighted by molar-refractivity contribution is 5.93. The third-order valence-corrected chi connectivity index (χ3v) is 2.83. The lowest BCUT2D eigenvalue weighted by molar-refractivity contribution is 0.0722. The third-order valence-electron chi connectivity index (χ3n) is 2.83. The summed E-state index contributed by atoms with van der Waals surface area (Å²) in [7, 11) is 1.69. The number of nitrogens with zero attached hydrogens (tertiary/aromatic N) is 1. The molecule has 5 heteroatoms. The largest absolute Gasteiger partial charge is 0.379 e. The van der Waals surface area contributed by atoms with Crippen LogP contribution in [0, 0.1) is 0 Å². The Balaban J connectivity index is 1.94. The van der Waals surface area contributed by atoms with Gasteiger partial charge < -0.3 is 10.1 Å². The van der Waals surface area contributed by atoms with Crippen LogP contribution in [0.4, 0.5) is 0 Å². The fourth-order valence-electron chi connectivity index (χ4n) is 2.00. The molecule has 1 saturated carbocycles. The molecule has 2 atom stereocenters. The minimum Gasteiger partial charge on any atom is -0.379 e. The average Bonchev–Trinajstić information content (AvgIpc) is 2.87. The van der Waals surface area contributed by atoms with E-state index in [0.29, 0.717) is 5.56 Å². The summed E-state index contributed by atoms with van der Waals surface area (Å²) in [5.74, 6) is -0.0855. The summed E-state index contributed by atoms with van der Waals surface area (Å²) in [6, 6.07) is 0.136. The second-order valence-electron chi connectivity index (χ2n) is 3.77. The molecule has 15 heavy (non-hydrogen) atoms. The van der Waals surface area contributed by atoms with Crippen LogP contribution in [-0.2, 0) is 4.74 Å². The van der Waals surface area contributed by atoms with Crippen molar-refractivity contribution in [2.45, 2.75) is 31.4 Å². The summed E-state index contributed by atoms with van der Waals surface area (Å²) in [6.07, 6.45) is 6.38. The summed E-state index contributed by atoms with van der Waals surface area (Å²) in [5.41, 5.74) is 0.566. The van der Waals surface area contributed by atoms with Crippen LogP contribution in [0.1, 0.15) is 29.6 Å². The normalized spacial score (nSPS) is 25.4. The summed E-state index contributed by atoms with van der Waals surface area (Å²) in [6.45, 7) is 0. The molecule has 2 rings (SSSR count). The van der Waals surface area contributed by atoms with Crippen LogP contribution in [0.15, 0.2) is 12.4 Å². The van der Waals surface area contributed by atoms with Crippen LogP contribution in [0.2, 0.25) is 0 Å². The number of hydrogen-bond donors (Lipinski definition) is 2. The summed E-state index contributed by atoms with van der Waals surface area (Å²) in [5, 5.41) is 9.32. The van der Waals surface area contributed by atoms with E-state index in [2.05, 4.69) is 15.5 Å². The molecule has 1 amide bonds. The van der Waals surface area contributed by atoms with Crippen LogP contribution >= 0.6 is 0 Å². The first kappa shape index (κ1) is 10.2. The number of H-pyrrole nitrogens is 1. The number of aromatic amines is 1. The van der Waals surface area contributed by atoms with Crippen molar-refractivity contribution >= 4 is 5.91 Å². The molecule has 0 aliphatic heterocycles. The lowest BCUT2D eigenvalue weighted by Crippen LogP contribution is -2.40. The number of rotatable bonds is 3. The van der Waals surface area contributed by atoms with Crippen molar-refractivity contribution in [3.05, 3.63) is 18.0 Å². The van der Waals surface area contributed by atoms with Gasteiger partial charge in [-0.05, 0) is 19.3 Å². The lowest BCUT2D eigenvalue weighted by Gasteiger charge is -2.18. The van der Waals surface area contributed by atoms with Crippen molar-refractivity contribution < 1.29 is 9.53 Å². The minimum atomic E-state index is -0.0855. The lowest BCUT2D eigenvalue weighted by atomic mass is 10.2. The van der Waals surface area contributed by atoms with Gasteiger partial charge in [0.05, 0.1) is 23.9 Å². The molecule has 0 aromatic carbocycles. The Kier molecular flexibility index (Phi) is 3.01. The van der Waals surface area contributed by atoms with Crippen LogP contribution in [0.5, 0.6) is 0 Å². The quantitative estimate of drug-likeness (QED) is 0.770. The molecule has 5 nitrogen and oxygen atoms in total. The van der Waals surface area contributed by atoms with E-state index in [-0.39, 0.29) is 18.1 Å². The highest BCUT2D eigenvalue weighted by atomic mass is 16.5. The zero-order valence-electron chi connectivity index (χ0n) is 8.69. The number of amides is 1. The topological polar surface area (TPSA) is 67.0 Å². The van der Waals surface area contributed by atoms with E-state index in [1.165, 1.54) is 6.20 Å². The van der Waals surface area contributed by atoms with Crippen molar-refractivity contribution in [2.75, 3.05) is 7.11 Å². The summed E-state index contributed by atoms with van der Waals surface area (Å²) < 4.78 is 5.30. The summed E-state index contributed by atoms with van der Waals surface area (Å²) >= 11 is 0. The maximum absolute atomic E-state index is 11.7. The molecule has 0 spiro atoms. The van der Waals surface area contributed by atoms with Gasteiger partial charge in [-0.3, -0.25) is 9.89 Å². The molecular weight excluding hydrogens is 194 g/mol. The minimum absolute atomic E-state index is 0.0855. The second kappa shape index (κ2) is 4.44. The van der Waals surface area contributed by atoms with Gasteiger partial charge in [-0.25, -0.2) is 0 Å². The number of carbonyl (C=O) groups excluding carboxylic acids is 1. The molecular formula is C10H15N3O2. The molecule has 1 aromatic heterocycles. The van der Waals surface area contributed by atoms with Crippen molar-refractivity contribution in [1.82, 2.24) is 15.5 Å². The number of methoxy groups -OCH3 is 1.